The lowest BCUT2D eigenvalue weighted by atomic mass is 9.78. The fourth-order valence-electron chi connectivity index (χ4n) is 4.29. The van der Waals surface area contributed by atoms with Crippen molar-refractivity contribution in [3.05, 3.63) is 54.4 Å². The Morgan fingerprint density at radius 1 is 1.21 bits per heavy atom. The van der Waals surface area contributed by atoms with Crippen LogP contribution in [0.2, 0.25) is 0 Å². The molecule has 0 radical (unpaired) electrons. The summed E-state index contributed by atoms with van der Waals surface area (Å²) in [7, 11) is 0. The van der Waals surface area contributed by atoms with E-state index in [2.05, 4.69) is 15.0 Å². The van der Waals surface area contributed by atoms with E-state index in [1.807, 2.05) is 23.1 Å². The number of rotatable bonds is 6. The van der Waals surface area contributed by atoms with E-state index in [1.54, 1.807) is 18.6 Å². The van der Waals surface area contributed by atoms with Crippen LogP contribution in [0.3, 0.4) is 0 Å². The molecule has 1 spiro atoms. The lowest BCUT2D eigenvalue weighted by molar-refractivity contribution is -0.0676. The Balaban J connectivity index is 1.27. The Morgan fingerprint density at radius 3 is 2.86 bits per heavy atom. The fraction of sp³-hybridized carbons (Fsp3) is 0.524. The lowest BCUT2D eigenvalue weighted by Crippen LogP contribution is -2.49. The van der Waals surface area contributed by atoms with E-state index < -0.39 is 0 Å². The first-order valence-electron chi connectivity index (χ1n) is 9.94. The van der Waals surface area contributed by atoms with Crippen molar-refractivity contribution < 1.29 is 14.3 Å². The van der Waals surface area contributed by atoms with Crippen molar-refractivity contribution in [2.45, 2.75) is 37.9 Å². The van der Waals surface area contributed by atoms with Gasteiger partial charge in [-0.25, -0.2) is 4.98 Å². The molecule has 1 unspecified atom stereocenters. The zero-order chi connectivity index (χ0) is 19.2. The Bertz CT molecular complexity index is 764. The van der Waals surface area contributed by atoms with Gasteiger partial charge in [-0.3, -0.25) is 14.8 Å². The molecule has 7 nitrogen and oxygen atoms in total. The van der Waals surface area contributed by atoms with Crippen LogP contribution in [0.15, 0.2) is 43.0 Å². The number of carbonyl (C=O) groups excluding carboxylic acids is 1. The van der Waals surface area contributed by atoms with E-state index in [-0.39, 0.29) is 11.5 Å². The number of hydrogen-bond donors (Lipinski definition) is 0. The maximum absolute atomic E-state index is 12.6. The minimum Gasteiger partial charge on any atom is -0.375 e. The van der Waals surface area contributed by atoms with Gasteiger partial charge in [0.25, 0.3) is 5.91 Å². The van der Waals surface area contributed by atoms with E-state index in [0.717, 1.165) is 38.0 Å². The molecule has 148 valence electrons. The first-order valence-corrected chi connectivity index (χ1v) is 9.94. The number of pyridine rings is 1. The topological polar surface area (TPSA) is 77.4 Å². The summed E-state index contributed by atoms with van der Waals surface area (Å²) in [6.07, 6.45) is 10.2. The number of nitrogens with zero attached hydrogens (tertiary/aromatic N) is 4. The highest BCUT2D eigenvalue weighted by molar-refractivity contribution is 5.92. The molecule has 2 aliphatic heterocycles. The van der Waals surface area contributed by atoms with Crippen molar-refractivity contribution in [2.75, 3.05) is 26.3 Å². The number of aromatic nitrogens is 3. The number of ether oxygens (including phenoxy) is 2. The summed E-state index contributed by atoms with van der Waals surface area (Å²) in [6.45, 7) is 3.43. The summed E-state index contributed by atoms with van der Waals surface area (Å²) in [4.78, 5) is 26.9. The van der Waals surface area contributed by atoms with Crippen molar-refractivity contribution >= 4 is 5.91 Å². The second kappa shape index (κ2) is 8.75. The highest BCUT2D eigenvalue weighted by atomic mass is 16.5. The molecule has 0 N–H and O–H groups in total. The molecule has 7 heteroatoms. The molecular formula is C21H26N4O3. The van der Waals surface area contributed by atoms with Crippen molar-refractivity contribution in [1.82, 2.24) is 19.9 Å². The number of amides is 1. The number of hydrogen-bond acceptors (Lipinski definition) is 6. The predicted molar refractivity (Wildman–Crippen MR) is 102 cm³/mol. The van der Waals surface area contributed by atoms with Crippen molar-refractivity contribution in [3.8, 4) is 0 Å². The van der Waals surface area contributed by atoms with Crippen LogP contribution in [0.25, 0.3) is 0 Å². The summed E-state index contributed by atoms with van der Waals surface area (Å²) < 4.78 is 12.0. The van der Waals surface area contributed by atoms with Gasteiger partial charge in [0.1, 0.15) is 5.69 Å². The Kier molecular flexibility index (Phi) is 5.92. The summed E-state index contributed by atoms with van der Waals surface area (Å²) in [6, 6.07) is 5.86. The van der Waals surface area contributed by atoms with Crippen LogP contribution in [0.4, 0.5) is 0 Å². The standard InChI is InChI=1S/C21H26N4O3/c26-20(19-15-22-9-10-24-19)25-11-6-21(7-12-25)17(5-14-28-21)4-13-27-16-18-3-1-2-8-23-18/h1-3,8-10,15,17H,4-7,11-14,16H2. The molecular weight excluding hydrogens is 356 g/mol. The van der Waals surface area contributed by atoms with Gasteiger partial charge < -0.3 is 14.4 Å². The van der Waals surface area contributed by atoms with Crippen LogP contribution < -0.4 is 0 Å². The highest BCUT2D eigenvalue weighted by Crippen LogP contribution is 2.42. The SMILES string of the molecule is O=C(c1cnccn1)N1CCC2(CC1)OCCC2CCOCc1ccccn1. The van der Waals surface area contributed by atoms with Gasteiger partial charge in [-0.1, -0.05) is 6.07 Å². The molecule has 0 aliphatic carbocycles. The molecule has 2 aliphatic rings. The van der Waals surface area contributed by atoms with E-state index in [0.29, 0.717) is 37.9 Å². The van der Waals surface area contributed by atoms with Gasteiger partial charge in [0, 0.05) is 44.9 Å². The molecule has 0 bridgehead atoms. The summed E-state index contributed by atoms with van der Waals surface area (Å²) in [5.74, 6) is 0.432. The molecule has 4 rings (SSSR count). The van der Waals surface area contributed by atoms with E-state index in [1.165, 1.54) is 6.20 Å². The molecule has 0 aromatic carbocycles. The van der Waals surface area contributed by atoms with Gasteiger partial charge in [0.15, 0.2) is 0 Å². The zero-order valence-electron chi connectivity index (χ0n) is 16.0. The largest absolute Gasteiger partial charge is 0.375 e. The molecule has 2 aromatic rings. The third kappa shape index (κ3) is 4.20. The first kappa shape index (κ1) is 19.0. The lowest BCUT2D eigenvalue weighted by Gasteiger charge is -2.42. The Morgan fingerprint density at radius 2 is 2.11 bits per heavy atom. The van der Waals surface area contributed by atoms with E-state index in [9.17, 15) is 4.79 Å². The van der Waals surface area contributed by atoms with Crippen molar-refractivity contribution in [2.24, 2.45) is 5.92 Å². The highest BCUT2D eigenvalue weighted by Gasteiger charge is 2.46. The Labute approximate surface area is 165 Å². The molecule has 1 amide bonds. The fourth-order valence-corrected chi connectivity index (χ4v) is 4.29. The van der Waals surface area contributed by atoms with Crippen LogP contribution in [0, 0.1) is 5.92 Å². The molecule has 4 heterocycles. The van der Waals surface area contributed by atoms with Gasteiger partial charge in [-0.05, 0) is 43.7 Å². The number of likely N-dealkylation sites (tertiary alicyclic amines) is 1. The zero-order valence-corrected chi connectivity index (χ0v) is 16.0. The predicted octanol–water partition coefficient (Wildman–Crippen LogP) is 2.49. The maximum Gasteiger partial charge on any atom is 0.274 e. The van der Waals surface area contributed by atoms with Crippen LogP contribution >= 0.6 is 0 Å². The normalized spacial score (nSPS) is 21.1. The van der Waals surface area contributed by atoms with Gasteiger partial charge in [-0.15, -0.1) is 0 Å². The molecule has 0 saturated carbocycles. The number of carbonyl (C=O) groups is 1. The molecule has 2 aromatic heterocycles. The van der Waals surface area contributed by atoms with E-state index in [4.69, 9.17) is 9.47 Å². The van der Waals surface area contributed by atoms with Crippen LogP contribution in [0.5, 0.6) is 0 Å². The third-order valence-electron chi connectivity index (χ3n) is 5.87. The van der Waals surface area contributed by atoms with Crippen molar-refractivity contribution in [3.63, 3.8) is 0 Å². The smallest absolute Gasteiger partial charge is 0.274 e. The average Bonchev–Trinajstić information content (AvgIpc) is 3.14. The van der Waals surface area contributed by atoms with Gasteiger partial charge >= 0.3 is 0 Å². The van der Waals surface area contributed by atoms with Crippen LogP contribution in [-0.2, 0) is 16.1 Å². The average molecular weight is 382 g/mol. The van der Waals surface area contributed by atoms with Gasteiger partial charge in [-0.2, -0.15) is 0 Å². The van der Waals surface area contributed by atoms with Gasteiger partial charge in [0.05, 0.1) is 24.1 Å². The van der Waals surface area contributed by atoms with Crippen LogP contribution in [-0.4, -0.2) is 57.7 Å². The minimum absolute atomic E-state index is 0.0452. The third-order valence-corrected chi connectivity index (χ3v) is 5.87. The summed E-state index contributed by atoms with van der Waals surface area (Å²) >= 11 is 0. The van der Waals surface area contributed by atoms with Crippen LogP contribution in [0.1, 0.15) is 41.9 Å². The maximum atomic E-state index is 12.6. The molecule has 2 fully saturated rings. The summed E-state index contributed by atoms with van der Waals surface area (Å²) in [5, 5.41) is 0. The van der Waals surface area contributed by atoms with Crippen molar-refractivity contribution in [1.29, 1.82) is 0 Å². The Hall–Kier alpha value is -2.38. The van der Waals surface area contributed by atoms with Gasteiger partial charge in [0.2, 0.25) is 0 Å². The molecule has 2 saturated heterocycles. The summed E-state index contributed by atoms with van der Waals surface area (Å²) in [5.41, 5.74) is 1.24. The second-order valence-electron chi connectivity index (χ2n) is 7.44. The monoisotopic (exact) mass is 382 g/mol. The number of piperidine rings is 1. The second-order valence-corrected chi connectivity index (χ2v) is 7.44. The quantitative estimate of drug-likeness (QED) is 0.715. The molecule has 28 heavy (non-hydrogen) atoms. The molecule has 1 atom stereocenters. The first-order chi connectivity index (χ1) is 13.8. The van der Waals surface area contributed by atoms with E-state index >= 15 is 0 Å². The minimum atomic E-state index is -0.118.